The molecule has 0 radical (unpaired) electrons. The topological polar surface area (TPSA) is 52.3 Å². The molecule has 0 spiro atoms. The van der Waals surface area contributed by atoms with Crippen LogP contribution in [-0.4, -0.2) is 19.4 Å². The summed E-state index contributed by atoms with van der Waals surface area (Å²) in [6.07, 6.45) is 3.59. The zero-order chi connectivity index (χ0) is 30.6. The molecule has 4 aromatic carbocycles. The molecule has 9 rings (SSSR count). The van der Waals surface area contributed by atoms with E-state index >= 15 is 0 Å². The van der Waals surface area contributed by atoms with Gasteiger partial charge in [-0.15, -0.1) is 11.3 Å². The minimum Gasteiger partial charge on any atom is -0.457 e. The van der Waals surface area contributed by atoms with Crippen LogP contribution >= 0.6 is 11.3 Å². The lowest BCUT2D eigenvalue weighted by Gasteiger charge is -2.21. The molecular weight excluding hydrogens is 573 g/mol. The van der Waals surface area contributed by atoms with Gasteiger partial charge in [-0.25, -0.2) is 9.97 Å². The molecule has 0 aliphatic rings. The van der Waals surface area contributed by atoms with Crippen molar-refractivity contribution in [3.05, 3.63) is 107 Å². The predicted molar refractivity (Wildman–Crippen MR) is 188 cm³/mol. The summed E-state index contributed by atoms with van der Waals surface area (Å²) >= 11 is 1.81. The number of hydrogen-bond acceptors (Lipinski definition) is 5. The van der Waals surface area contributed by atoms with Crippen LogP contribution in [0, 0.1) is 13.8 Å². The Bertz CT molecular complexity index is 2640. The summed E-state index contributed by atoms with van der Waals surface area (Å²) in [5, 5.41) is 5.82. The fourth-order valence-corrected chi connectivity index (χ4v) is 8.02. The SMILES string of the molecule is Cc1sc2c(-c3cc(Oc4ccc5c(c4)c4ncnc6ccc7c8ccccc8n5c7c64)cc(C(C)(C)C)c3)nccc2c1C. The van der Waals surface area contributed by atoms with Gasteiger partial charge in [0.15, 0.2) is 0 Å². The van der Waals surface area contributed by atoms with Gasteiger partial charge >= 0.3 is 0 Å². The molecule has 0 saturated carbocycles. The number of fused-ring (bicyclic) bond motifs is 7. The van der Waals surface area contributed by atoms with Gasteiger partial charge in [-0.1, -0.05) is 39.0 Å². The molecule has 0 amide bonds. The Morgan fingerprint density at radius 1 is 0.733 bits per heavy atom. The van der Waals surface area contributed by atoms with Crippen LogP contribution in [0.3, 0.4) is 0 Å². The number of aromatic nitrogens is 4. The number of thiophene rings is 1. The highest BCUT2D eigenvalue weighted by Crippen LogP contribution is 2.43. The zero-order valence-corrected chi connectivity index (χ0v) is 26.6. The van der Waals surface area contributed by atoms with E-state index in [1.807, 2.05) is 17.5 Å². The van der Waals surface area contributed by atoms with Crippen LogP contribution < -0.4 is 4.74 Å². The third-order valence-corrected chi connectivity index (χ3v) is 10.5. The number of ether oxygens (including phenoxy) is 1. The molecular formula is C39H30N4OS. The highest BCUT2D eigenvalue weighted by molar-refractivity contribution is 7.19. The van der Waals surface area contributed by atoms with Gasteiger partial charge in [0.1, 0.15) is 17.8 Å². The van der Waals surface area contributed by atoms with E-state index < -0.39 is 0 Å². The zero-order valence-electron chi connectivity index (χ0n) is 25.8. The molecule has 5 nitrogen and oxygen atoms in total. The Labute approximate surface area is 264 Å². The van der Waals surface area contributed by atoms with Crippen LogP contribution in [0.5, 0.6) is 11.5 Å². The summed E-state index contributed by atoms with van der Waals surface area (Å²) in [5.41, 5.74) is 9.82. The number of hydrogen-bond donors (Lipinski definition) is 0. The maximum absolute atomic E-state index is 6.73. The highest BCUT2D eigenvalue weighted by atomic mass is 32.1. The van der Waals surface area contributed by atoms with Gasteiger partial charge in [-0.2, -0.15) is 0 Å². The van der Waals surface area contributed by atoms with Gasteiger partial charge in [0, 0.05) is 32.8 Å². The molecule has 6 heteroatoms. The van der Waals surface area contributed by atoms with E-state index in [9.17, 15) is 0 Å². The first-order chi connectivity index (χ1) is 21.8. The molecule has 9 aromatic rings. The molecule has 0 atom stereocenters. The van der Waals surface area contributed by atoms with Crippen LogP contribution in [0.15, 0.2) is 91.4 Å². The van der Waals surface area contributed by atoms with Crippen LogP contribution in [0.4, 0.5) is 0 Å². The number of para-hydroxylation sites is 1. The second-order valence-electron chi connectivity index (χ2n) is 13.0. The van der Waals surface area contributed by atoms with Gasteiger partial charge in [-0.05, 0) is 96.4 Å². The van der Waals surface area contributed by atoms with E-state index in [1.54, 1.807) is 6.33 Å². The average Bonchev–Trinajstić information content (AvgIpc) is 3.54. The van der Waals surface area contributed by atoms with Crippen LogP contribution in [0.1, 0.15) is 36.8 Å². The minimum absolute atomic E-state index is 0.0731. The average molecular weight is 603 g/mol. The minimum atomic E-state index is -0.0731. The molecule has 45 heavy (non-hydrogen) atoms. The van der Waals surface area contributed by atoms with Crippen molar-refractivity contribution in [2.75, 3.05) is 0 Å². The van der Waals surface area contributed by atoms with E-state index in [4.69, 9.17) is 14.7 Å². The number of rotatable bonds is 3. The Morgan fingerprint density at radius 3 is 2.44 bits per heavy atom. The maximum atomic E-state index is 6.73. The Morgan fingerprint density at radius 2 is 1.58 bits per heavy atom. The predicted octanol–water partition coefficient (Wildman–Crippen LogP) is 10.8. The van der Waals surface area contributed by atoms with Crippen molar-refractivity contribution in [3.8, 4) is 22.8 Å². The maximum Gasteiger partial charge on any atom is 0.128 e. The van der Waals surface area contributed by atoms with Crippen LogP contribution in [0.2, 0.25) is 0 Å². The van der Waals surface area contributed by atoms with Gasteiger partial charge in [-0.3, -0.25) is 4.98 Å². The molecule has 0 bridgehead atoms. The summed E-state index contributed by atoms with van der Waals surface area (Å²) in [6.45, 7) is 11.1. The third kappa shape index (κ3) is 3.82. The molecule has 0 N–H and O–H groups in total. The Balaban J connectivity index is 1.26. The van der Waals surface area contributed by atoms with Crippen LogP contribution in [-0.2, 0) is 5.41 Å². The molecule has 5 heterocycles. The second kappa shape index (κ2) is 9.22. The molecule has 0 fully saturated rings. The van der Waals surface area contributed by atoms with Gasteiger partial charge in [0.05, 0.1) is 43.4 Å². The molecule has 0 aliphatic heterocycles. The first-order valence-electron chi connectivity index (χ1n) is 15.3. The quantitative estimate of drug-likeness (QED) is 0.149. The first kappa shape index (κ1) is 26.3. The van der Waals surface area contributed by atoms with Crippen molar-refractivity contribution >= 4 is 70.6 Å². The highest BCUT2D eigenvalue weighted by Gasteiger charge is 2.21. The number of benzene rings is 4. The second-order valence-corrected chi connectivity index (χ2v) is 14.3. The standard InChI is InChI=1S/C39H30N4OS/c1-21-22(2)45-38-27(21)14-15-40-35(38)23-16-24(39(3,4)5)18-26(17-23)44-25-10-13-33-30(19-25)36-34-31(41-20-42-36)12-11-29-28-8-6-7-9-32(28)43(33)37(29)34/h6-20H,1-5H3. The monoisotopic (exact) mass is 602 g/mol. The van der Waals surface area contributed by atoms with Crippen LogP contribution in [0.25, 0.3) is 70.5 Å². The lowest BCUT2D eigenvalue weighted by Crippen LogP contribution is -2.11. The lowest BCUT2D eigenvalue weighted by molar-refractivity contribution is 0.479. The number of nitrogens with zero attached hydrogens (tertiary/aromatic N) is 4. The number of aryl methyl sites for hydroxylation is 2. The van der Waals surface area contributed by atoms with E-state index in [1.165, 1.54) is 42.4 Å². The summed E-state index contributed by atoms with van der Waals surface area (Å²) in [7, 11) is 0. The van der Waals surface area contributed by atoms with Gasteiger partial charge < -0.3 is 9.14 Å². The Kier molecular flexibility index (Phi) is 5.40. The van der Waals surface area contributed by atoms with E-state index in [0.29, 0.717) is 0 Å². The fraction of sp³-hybridized carbons (Fsp3) is 0.154. The summed E-state index contributed by atoms with van der Waals surface area (Å²) in [5.74, 6) is 1.55. The summed E-state index contributed by atoms with van der Waals surface area (Å²) in [4.78, 5) is 15.7. The van der Waals surface area contributed by atoms with Gasteiger partial charge in [0.25, 0.3) is 0 Å². The van der Waals surface area contributed by atoms with E-state index in [0.717, 1.165) is 55.6 Å². The lowest BCUT2D eigenvalue weighted by atomic mass is 9.85. The van der Waals surface area contributed by atoms with Crippen molar-refractivity contribution in [1.29, 1.82) is 0 Å². The molecule has 0 saturated heterocycles. The summed E-state index contributed by atoms with van der Waals surface area (Å²) in [6, 6.07) is 27.9. The molecule has 0 unspecified atom stereocenters. The van der Waals surface area contributed by atoms with Crippen molar-refractivity contribution in [2.24, 2.45) is 0 Å². The summed E-state index contributed by atoms with van der Waals surface area (Å²) < 4.78 is 10.3. The normalized spacial score (nSPS) is 12.6. The smallest absolute Gasteiger partial charge is 0.128 e. The number of pyridine rings is 2. The molecule has 5 aromatic heterocycles. The molecule has 218 valence electrons. The third-order valence-electron chi connectivity index (χ3n) is 9.27. The van der Waals surface area contributed by atoms with Crippen molar-refractivity contribution < 1.29 is 4.74 Å². The Hall–Kier alpha value is -5.07. The molecule has 0 aliphatic carbocycles. The van der Waals surface area contributed by atoms with E-state index in [2.05, 4.69) is 123 Å². The fourth-order valence-electron chi connectivity index (χ4n) is 6.85. The largest absolute Gasteiger partial charge is 0.457 e. The van der Waals surface area contributed by atoms with E-state index in [-0.39, 0.29) is 5.41 Å². The first-order valence-corrected chi connectivity index (χ1v) is 16.1. The van der Waals surface area contributed by atoms with Crippen molar-refractivity contribution in [1.82, 2.24) is 19.4 Å². The van der Waals surface area contributed by atoms with Crippen molar-refractivity contribution in [3.63, 3.8) is 0 Å². The van der Waals surface area contributed by atoms with Crippen molar-refractivity contribution in [2.45, 2.75) is 40.0 Å². The van der Waals surface area contributed by atoms with Gasteiger partial charge in [0.2, 0.25) is 0 Å².